The van der Waals surface area contributed by atoms with E-state index in [2.05, 4.69) is 87.3 Å². The summed E-state index contributed by atoms with van der Waals surface area (Å²) < 4.78 is 5.50. The Labute approximate surface area is 164 Å². The summed E-state index contributed by atoms with van der Waals surface area (Å²) in [5.74, 6) is 0.765. The topological polar surface area (TPSA) is 21.6 Å². The van der Waals surface area contributed by atoms with Crippen LogP contribution in [0.5, 0.6) is 0 Å². The van der Waals surface area contributed by atoms with E-state index in [9.17, 15) is 0 Å². The van der Waals surface area contributed by atoms with Crippen molar-refractivity contribution in [2.75, 3.05) is 13.2 Å². The lowest BCUT2D eigenvalue weighted by Crippen LogP contribution is -2.19. The number of hydrogen-bond acceptors (Lipinski definition) is 2. The van der Waals surface area contributed by atoms with Crippen LogP contribution in [0, 0.1) is 5.41 Å². The molecule has 0 unspecified atom stereocenters. The lowest BCUT2D eigenvalue weighted by molar-refractivity contribution is 0.348. The highest BCUT2D eigenvalue weighted by atomic mass is 16.5. The summed E-state index contributed by atoms with van der Waals surface area (Å²) >= 11 is 0. The lowest BCUT2D eigenvalue weighted by Gasteiger charge is -2.32. The van der Waals surface area contributed by atoms with Gasteiger partial charge in [-0.3, -0.25) is 0 Å². The molecule has 1 heterocycles. The van der Waals surface area contributed by atoms with Gasteiger partial charge in [0.15, 0.2) is 0 Å². The number of allylic oxidation sites excluding steroid dienone is 7. The Morgan fingerprint density at radius 2 is 1.93 bits per heavy atom. The first-order valence-corrected chi connectivity index (χ1v) is 9.97. The molecule has 1 aromatic carbocycles. The third-order valence-corrected chi connectivity index (χ3v) is 5.45. The van der Waals surface area contributed by atoms with Crippen LogP contribution in [-0.4, -0.2) is 19.0 Å². The summed E-state index contributed by atoms with van der Waals surface area (Å²) in [6.07, 6.45) is 14.8. The van der Waals surface area contributed by atoms with Crippen LogP contribution < -0.4 is 0 Å². The predicted octanol–water partition coefficient (Wildman–Crippen LogP) is 6.51. The van der Waals surface area contributed by atoms with Crippen molar-refractivity contribution in [1.82, 2.24) is 0 Å². The molecule has 1 aliphatic heterocycles. The second kappa shape index (κ2) is 8.56. The minimum atomic E-state index is 0.296. The normalized spacial score (nSPS) is 20.4. The van der Waals surface area contributed by atoms with E-state index >= 15 is 0 Å². The molecule has 2 heteroatoms. The maximum Gasteiger partial charge on any atom is 0.216 e. The SMILES string of the molecule is CC1=C(/C=C/C(C)=C/C=C/c2ccc(C3=NCCO3)cc2)C(C)(C)CCC1. The zero-order chi connectivity index (χ0) is 19.3. The Morgan fingerprint density at radius 1 is 1.15 bits per heavy atom. The number of benzene rings is 1. The van der Waals surface area contributed by atoms with Crippen molar-refractivity contribution in [3.63, 3.8) is 0 Å². The maximum absolute atomic E-state index is 5.50. The van der Waals surface area contributed by atoms with Gasteiger partial charge in [-0.15, -0.1) is 0 Å². The molecule has 0 saturated heterocycles. The van der Waals surface area contributed by atoms with Gasteiger partial charge in [-0.1, -0.05) is 67.5 Å². The third kappa shape index (κ3) is 5.09. The molecule has 1 aliphatic carbocycles. The number of aliphatic imine (C=N–C) groups is 1. The van der Waals surface area contributed by atoms with Gasteiger partial charge in [0.1, 0.15) is 6.61 Å². The minimum Gasteiger partial charge on any atom is -0.476 e. The third-order valence-electron chi connectivity index (χ3n) is 5.45. The number of nitrogens with zero attached hydrogens (tertiary/aromatic N) is 1. The molecule has 2 nitrogen and oxygen atoms in total. The molecule has 0 saturated carbocycles. The molecule has 3 rings (SSSR count). The first kappa shape index (κ1) is 19.4. The van der Waals surface area contributed by atoms with E-state index in [0.717, 1.165) is 18.0 Å². The zero-order valence-corrected chi connectivity index (χ0v) is 17.1. The highest BCUT2D eigenvalue weighted by molar-refractivity contribution is 5.95. The van der Waals surface area contributed by atoms with Crippen molar-refractivity contribution >= 4 is 12.0 Å². The Kier molecular flexibility index (Phi) is 6.15. The van der Waals surface area contributed by atoms with Crippen LogP contribution in [0.2, 0.25) is 0 Å². The average molecular weight is 362 g/mol. The van der Waals surface area contributed by atoms with Gasteiger partial charge in [0.25, 0.3) is 0 Å². The van der Waals surface area contributed by atoms with Crippen molar-refractivity contribution in [3.8, 4) is 0 Å². The average Bonchev–Trinajstić information content (AvgIpc) is 3.16. The van der Waals surface area contributed by atoms with Gasteiger partial charge in [-0.05, 0) is 61.8 Å². The standard InChI is InChI=1S/C25H31NO/c1-19(10-15-23-20(2)8-6-16-25(23,3)4)7-5-9-21-11-13-22(14-12-21)24-26-17-18-27-24/h5,7,9-15H,6,8,16-18H2,1-4H3/b9-5+,15-10+,19-7+. The summed E-state index contributed by atoms with van der Waals surface area (Å²) in [6.45, 7) is 10.6. The lowest BCUT2D eigenvalue weighted by atomic mass is 9.72. The van der Waals surface area contributed by atoms with Gasteiger partial charge in [0.2, 0.25) is 5.90 Å². The molecule has 0 atom stereocenters. The smallest absolute Gasteiger partial charge is 0.216 e. The van der Waals surface area contributed by atoms with Gasteiger partial charge in [-0.25, -0.2) is 4.99 Å². The van der Waals surface area contributed by atoms with Gasteiger partial charge in [0, 0.05) is 5.56 Å². The molecule has 27 heavy (non-hydrogen) atoms. The van der Waals surface area contributed by atoms with Gasteiger partial charge in [-0.2, -0.15) is 0 Å². The maximum atomic E-state index is 5.50. The van der Waals surface area contributed by atoms with Crippen LogP contribution in [0.3, 0.4) is 0 Å². The number of hydrogen-bond donors (Lipinski definition) is 0. The molecule has 0 radical (unpaired) electrons. The molecular formula is C25H31NO. The Morgan fingerprint density at radius 3 is 2.59 bits per heavy atom. The molecule has 0 N–H and O–H groups in total. The fraction of sp³-hybridized carbons (Fsp3) is 0.400. The van der Waals surface area contributed by atoms with Crippen molar-refractivity contribution in [1.29, 1.82) is 0 Å². The Balaban J connectivity index is 1.63. The summed E-state index contributed by atoms with van der Waals surface area (Å²) in [4.78, 5) is 4.35. The van der Waals surface area contributed by atoms with E-state index in [4.69, 9.17) is 4.74 Å². The van der Waals surface area contributed by atoms with Crippen molar-refractivity contribution in [2.24, 2.45) is 10.4 Å². The first-order chi connectivity index (χ1) is 13.0. The van der Waals surface area contributed by atoms with E-state index in [-0.39, 0.29) is 0 Å². The number of rotatable bonds is 5. The fourth-order valence-corrected chi connectivity index (χ4v) is 3.84. The quantitative estimate of drug-likeness (QED) is 0.548. The Bertz CT molecular complexity index is 816. The van der Waals surface area contributed by atoms with E-state index in [0.29, 0.717) is 12.0 Å². The van der Waals surface area contributed by atoms with Crippen LogP contribution in [0.1, 0.15) is 58.1 Å². The largest absolute Gasteiger partial charge is 0.476 e. The second-order valence-electron chi connectivity index (χ2n) is 8.19. The highest BCUT2D eigenvalue weighted by Gasteiger charge is 2.26. The molecule has 0 aromatic heterocycles. The summed E-state index contributed by atoms with van der Waals surface area (Å²) in [5.41, 5.74) is 6.85. The van der Waals surface area contributed by atoms with Gasteiger partial charge in [0.05, 0.1) is 6.54 Å². The van der Waals surface area contributed by atoms with Crippen LogP contribution >= 0.6 is 0 Å². The van der Waals surface area contributed by atoms with Gasteiger partial charge >= 0.3 is 0 Å². The molecule has 2 aliphatic rings. The summed E-state index contributed by atoms with van der Waals surface area (Å²) in [5, 5.41) is 0. The molecule has 0 bridgehead atoms. The predicted molar refractivity (Wildman–Crippen MR) is 116 cm³/mol. The van der Waals surface area contributed by atoms with Gasteiger partial charge < -0.3 is 4.74 Å². The van der Waals surface area contributed by atoms with E-state index in [1.165, 1.54) is 36.0 Å². The number of ether oxygens (including phenoxy) is 1. The fourth-order valence-electron chi connectivity index (χ4n) is 3.84. The van der Waals surface area contributed by atoms with Crippen LogP contribution in [0.15, 0.2) is 70.3 Å². The zero-order valence-electron chi connectivity index (χ0n) is 17.1. The van der Waals surface area contributed by atoms with E-state index < -0.39 is 0 Å². The molecule has 0 fully saturated rings. The second-order valence-corrected chi connectivity index (χ2v) is 8.19. The summed E-state index contributed by atoms with van der Waals surface area (Å²) in [7, 11) is 0. The van der Waals surface area contributed by atoms with Crippen molar-refractivity contribution in [3.05, 3.63) is 76.4 Å². The highest BCUT2D eigenvalue weighted by Crippen LogP contribution is 2.40. The molecule has 0 amide bonds. The molecule has 0 spiro atoms. The monoisotopic (exact) mass is 361 g/mol. The molecule has 1 aromatic rings. The van der Waals surface area contributed by atoms with Crippen molar-refractivity contribution in [2.45, 2.75) is 47.0 Å². The van der Waals surface area contributed by atoms with Crippen LogP contribution in [-0.2, 0) is 4.74 Å². The van der Waals surface area contributed by atoms with E-state index in [1.807, 2.05) is 0 Å². The molecule has 142 valence electrons. The van der Waals surface area contributed by atoms with Crippen molar-refractivity contribution < 1.29 is 4.74 Å². The molecular weight excluding hydrogens is 330 g/mol. The minimum absolute atomic E-state index is 0.296. The van der Waals surface area contributed by atoms with Crippen LogP contribution in [0.4, 0.5) is 0 Å². The first-order valence-electron chi connectivity index (χ1n) is 9.97. The Hall–Kier alpha value is -2.35. The van der Waals surface area contributed by atoms with Crippen LogP contribution in [0.25, 0.3) is 6.08 Å². The van der Waals surface area contributed by atoms with E-state index in [1.54, 1.807) is 5.57 Å². The summed E-state index contributed by atoms with van der Waals surface area (Å²) in [6, 6.07) is 8.35.